The highest BCUT2D eigenvalue weighted by atomic mass is 16.4. The minimum absolute atomic E-state index is 0.299. The monoisotopic (exact) mass is 324 g/mol. The molecule has 0 aromatic rings. The molecule has 0 bridgehead atoms. The number of carboxylic acid groups (broad SMARTS) is 1. The number of hydrogen-bond donors (Lipinski definition) is 2. The molecule has 0 saturated heterocycles. The third kappa shape index (κ3) is 18.9. The summed E-state index contributed by atoms with van der Waals surface area (Å²) >= 11 is 0. The van der Waals surface area contributed by atoms with Crippen LogP contribution in [0.4, 0.5) is 0 Å². The van der Waals surface area contributed by atoms with Crippen molar-refractivity contribution in [3.63, 3.8) is 0 Å². The molecule has 0 aliphatic heterocycles. The molecule has 0 rings (SSSR count). The molecule has 0 unspecified atom stereocenters. The van der Waals surface area contributed by atoms with Crippen LogP contribution in [0.25, 0.3) is 0 Å². The van der Waals surface area contributed by atoms with Gasteiger partial charge in [0.05, 0.1) is 6.10 Å². The average Bonchev–Trinajstić information content (AvgIpc) is 2.51. The molecule has 3 nitrogen and oxygen atoms in total. The molecule has 2 N–H and O–H groups in total. The van der Waals surface area contributed by atoms with Crippen LogP contribution < -0.4 is 0 Å². The van der Waals surface area contributed by atoms with Crippen molar-refractivity contribution in [2.75, 3.05) is 0 Å². The zero-order chi connectivity index (χ0) is 17.2. The second kappa shape index (κ2) is 17.3. The van der Waals surface area contributed by atoms with Gasteiger partial charge in [0.1, 0.15) is 0 Å². The Morgan fingerprint density at radius 3 is 2.22 bits per heavy atom. The summed E-state index contributed by atoms with van der Waals surface area (Å²) in [6.07, 6.45) is 21.4. The lowest BCUT2D eigenvalue weighted by atomic mass is 10.1. The third-order valence-corrected chi connectivity index (χ3v) is 3.95. The first kappa shape index (κ1) is 21.9. The van der Waals surface area contributed by atoms with Crippen molar-refractivity contribution in [1.29, 1.82) is 0 Å². The number of unbranched alkanes of at least 4 members (excludes halogenated alkanes) is 9. The molecule has 0 radical (unpaired) electrons. The van der Waals surface area contributed by atoms with E-state index in [-0.39, 0.29) is 6.10 Å². The van der Waals surface area contributed by atoms with Gasteiger partial charge in [-0.05, 0) is 25.7 Å². The highest BCUT2D eigenvalue weighted by Gasteiger charge is 1.97. The normalized spacial score (nSPS) is 13.1. The molecule has 3 heteroatoms. The first-order chi connectivity index (χ1) is 11.2. The molecule has 0 aliphatic rings. The lowest BCUT2D eigenvalue weighted by Crippen LogP contribution is -2.00. The van der Waals surface area contributed by atoms with Crippen LogP contribution in [0, 0.1) is 0 Å². The molecule has 0 amide bonds. The van der Waals surface area contributed by atoms with Gasteiger partial charge in [-0.15, -0.1) is 0 Å². The first-order valence-electron chi connectivity index (χ1n) is 9.40. The van der Waals surface area contributed by atoms with Crippen LogP contribution in [-0.4, -0.2) is 22.3 Å². The molecule has 1 atom stereocenters. The number of aliphatic hydroxyl groups excluding tert-OH is 1. The molecule has 0 aliphatic carbocycles. The lowest BCUT2D eigenvalue weighted by Gasteiger charge is -2.03. The van der Waals surface area contributed by atoms with Gasteiger partial charge in [0.25, 0.3) is 0 Å². The topological polar surface area (TPSA) is 57.5 Å². The molecule has 0 aromatic carbocycles. The summed E-state index contributed by atoms with van der Waals surface area (Å²) in [6, 6.07) is 0. The number of aliphatic carboxylic acids is 1. The molecule has 0 saturated carbocycles. The van der Waals surface area contributed by atoms with Gasteiger partial charge in [-0.3, -0.25) is 4.79 Å². The van der Waals surface area contributed by atoms with E-state index in [9.17, 15) is 9.90 Å². The van der Waals surface area contributed by atoms with Crippen LogP contribution >= 0.6 is 0 Å². The Morgan fingerprint density at radius 1 is 0.913 bits per heavy atom. The zero-order valence-corrected chi connectivity index (χ0v) is 14.9. The maximum absolute atomic E-state index is 10.4. The van der Waals surface area contributed by atoms with Gasteiger partial charge in [-0.2, -0.15) is 0 Å². The highest BCUT2D eigenvalue weighted by Crippen LogP contribution is 2.10. The predicted octanol–water partition coefficient (Wildman–Crippen LogP) is 5.64. The van der Waals surface area contributed by atoms with Crippen LogP contribution in [0.1, 0.15) is 90.4 Å². The number of rotatable bonds is 16. The molecule has 134 valence electrons. The van der Waals surface area contributed by atoms with Crippen molar-refractivity contribution in [3.05, 3.63) is 24.3 Å². The summed E-state index contributed by atoms with van der Waals surface area (Å²) in [5.74, 6) is -0.681. The predicted molar refractivity (Wildman–Crippen MR) is 97.6 cm³/mol. The summed E-state index contributed by atoms with van der Waals surface area (Å²) in [7, 11) is 0. The molecule has 23 heavy (non-hydrogen) atoms. The van der Waals surface area contributed by atoms with E-state index >= 15 is 0 Å². The fourth-order valence-corrected chi connectivity index (χ4v) is 2.49. The Bertz CT molecular complexity index is 321. The van der Waals surface area contributed by atoms with Gasteiger partial charge in [-0.25, -0.2) is 0 Å². The smallest absolute Gasteiger partial charge is 0.303 e. The van der Waals surface area contributed by atoms with E-state index in [4.69, 9.17) is 5.11 Å². The number of carboxylic acids is 1. The van der Waals surface area contributed by atoms with Crippen LogP contribution in [-0.2, 0) is 4.79 Å². The van der Waals surface area contributed by atoms with E-state index < -0.39 is 5.97 Å². The van der Waals surface area contributed by atoms with Gasteiger partial charge < -0.3 is 10.2 Å². The fraction of sp³-hybridized carbons (Fsp3) is 0.750. The van der Waals surface area contributed by atoms with E-state index in [1.165, 1.54) is 38.5 Å². The quantitative estimate of drug-likeness (QED) is 0.285. The Labute approximate surface area is 142 Å². The van der Waals surface area contributed by atoms with Gasteiger partial charge in [0, 0.05) is 6.42 Å². The minimum atomic E-state index is -0.681. The van der Waals surface area contributed by atoms with Crippen molar-refractivity contribution in [2.24, 2.45) is 0 Å². The SMILES string of the molecule is CCCCC[C@H](O)/C=C\C=C/CCCCCCCCCC(=O)O. The van der Waals surface area contributed by atoms with Crippen molar-refractivity contribution >= 4 is 5.97 Å². The van der Waals surface area contributed by atoms with Gasteiger partial charge in [-0.1, -0.05) is 82.6 Å². The Morgan fingerprint density at radius 2 is 1.57 bits per heavy atom. The summed E-state index contributed by atoms with van der Waals surface area (Å²) in [4.78, 5) is 10.4. The maximum atomic E-state index is 10.4. The van der Waals surface area contributed by atoms with Crippen molar-refractivity contribution in [2.45, 2.75) is 96.5 Å². The van der Waals surface area contributed by atoms with Gasteiger partial charge in [0.2, 0.25) is 0 Å². The first-order valence-corrected chi connectivity index (χ1v) is 9.40. The fourth-order valence-electron chi connectivity index (χ4n) is 2.49. The second-order valence-electron chi connectivity index (χ2n) is 6.28. The molecule has 0 aromatic heterocycles. The summed E-state index contributed by atoms with van der Waals surface area (Å²) in [6.45, 7) is 2.17. The molecular weight excluding hydrogens is 288 g/mol. The van der Waals surface area contributed by atoms with E-state index in [0.717, 1.165) is 38.5 Å². The Balaban J connectivity index is 3.32. The molecule has 0 fully saturated rings. The molecule has 0 spiro atoms. The van der Waals surface area contributed by atoms with E-state index in [1.54, 1.807) is 0 Å². The average molecular weight is 325 g/mol. The van der Waals surface area contributed by atoms with Gasteiger partial charge >= 0.3 is 5.97 Å². The van der Waals surface area contributed by atoms with E-state index in [1.807, 2.05) is 18.2 Å². The highest BCUT2D eigenvalue weighted by molar-refractivity contribution is 5.66. The third-order valence-electron chi connectivity index (χ3n) is 3.95. The lowest BCUT2D eigenvalue weighted by molar-refractivity contribution is -0.137. The van der Waals surface area contributed by atoms with E-state index in [0.29, 0.717) is 6.42 Å². The molecular formula is C20H36O3. The van der Waals surface area contributed by atoms with Crippen LogP contribution in [0.15, 0.2) is 24.3 Å². The molecule has 0 heterocycles. The summed E-state index contributed by atoms with van der Waals surface area (Å²) < 4.78 is 0. The summed E-state index contributed by atoms with van der Waals surface area (Å²) in [5, 5.41) is 18.2. The standard InChI is InChI=1S/C20H36O3/c1-2-3-13-16-19(21)17-14-11-9-7-5-4-6-8-10-12-15-18-20(22)23/h9,11,14,17,19,21H,2-8,10,12-13,15-16,18H2,1H3,(H,22,23)/b11-9-,17-14-/t19-/m0/s1. The van der Waals surface area contributed by atoms with E-state index in [2.05, 4.69) is 13.0 Å². The Hall–Kier alpha value is -1.09. The number of aliphatic hydroxyl groups is 1. The van der Waals surface area contributed by atoms with Crippen LogP contribution in [0.5, 0.6) is 0 Å². The largest absolute Gasteiger partial charge is 0.481 e. The number of carbonyl (C=O) groups is 1. The number of allylic oxidation sites excluding steroid dienone is 3. The van der Waals surface area contributed by atoms with Crippen LogP contribution in [0.3, 0.4) is 0 Å². The Kier molecular flexibility index (Phi) is 16.4. The van der Waals surface area contributed by atoms with Crippen molar-refractivity contribution < 1.29 is 15.0 Å². The maximum Gasteiger partial charge on any atom is 0.303 e. The summed E-state index contributed by atoms with van der Waals surface area (Å²) in [5.41, 5.74) is 0. The zero-order valence-electron chi connectivity index (χ0n) is 14.9. The van der Waals surface area contributed by atoms with Gasteiger partial charge in [0.15, 0.2) is 0 Å². The minimum Gasteiger partial charge on any atom is -0.481 e. The number of hydrogen-bond acceptors (Lipinski definition) is 2. The van der Waals surface area contributed by atoms with Crippen molar-refractivity contribution in [1.82, 2.24) is 0 Å². The van der Waals surface area contributed by atoms with Crippen molar-refractivity contribution in [3.8, 4) is 0 Å². The van der Waals surface area contributed by atoms with Crippen LogP contribution in [0.2, 0.25) is 0 Å². The second-order valence-corrected chi connectivity index (χ2v) is 6.28.